The number of aryl methyl sites for hydroxylation is 3. The van der Waals surface area contributed by atoms with Gasteiger partial charge in [-0.25, -0.2) is 18.6 Å². The van der Waals surface area contributed by atoms with Gasteiger partial charge in [0.2, 0.25) is 0 Å². The van der Waals surface area contributed by atoms with E-state index in [1.807, 2.05) is 0 Å². The Bertz CT molecular complexity index is 1250. The maximum Gasteiger partial charge on any atom is 0.471 e. The van der Waals surface area contributed by atoms with Gasteiger partial charge in [0.1, 0.15) is 5.60 Å². The van der Waals surface area contributed by atoms with Gasteiger partial charge < -0.3 is 43.4 Å². The lowest BCUT2D eigenvalue weighted by molar-refractivity contribution is -0.683. The van der Waals surface area contributed by atoms with E-state index >= 15 is 0 Å². The van der Waals surface area contributed by atoms with Crippen LogP contribution in [0.5, 0.6) is 0 Å². The molecule has 0 fully saturated rings. The number of imidazole rings is 1. The number of aromatic nitrogens is 4. The molecule has 0 spiro atoms. The van der Waals surface area contributed by atoms with Gasteiger partial charge in [-0.15, -0.1) is 0 Å². The number of nitrogens with two attached hydrogens (primary N) is 1. The molecule has 0 unspecified atom stereocenters. The van der Waals surface area contributed by atoms with Crippen molar-refractivity contribution >= 4 is 35.4 Å². The Hall–Kier alpha value is -3.91. The number of carbonyl (C=O) groups is 3. The first-order valence-electron chi connectivity index (χ1n) is 13.4. The zero-order chi connectivity index (χ0) is 33.1. The van der Waals surface area contributed by atoms with Crippen LogP contribution in [0.1, 0.15) is 40.0 Å². The molecule has 21 heteroatoms. The molecule has 0 saturated carbocycles. The van der Waals surface area contributed by atoms with Crippen molar-refractivity contribution < 1.29 is 67.0 Å². The summed E-state index contributed by atoms with van der Waals surface area (Å²) in [5, 5.41) is 18.6. The number of halogens is 7. The van der Waals surface area contributed by atoms with Crippen molar-refractivity contribution in [3.05, 3.63) is 18.6 Å². The van der Waals surface area contributed by atoms with Crippen molar-refractivity contribution in [3.63, 3.8) is 0 Å². The van der Waals surface area contributed by atoms with E-state index in [1.54, 1.807) is 31.4 Å². The van der Waals surface area contributed by atoms with Crippen LogP contribution in [-0.2, 0) is 34.0 Å². The smallest absolute Gasteiger partial charge is 0.471 e. The summed E-state index contributed by atoms with van der Waals surface area (Å²) < 4.78 is 84.2. The van der Waals surface area contributed by atoms with Crippen molar-refractivity contribution in [2.24, 2.45) is 10.2 Å². The van der Waals surface area contributed by atoms with Crippen LogP contribution in [0.4, 0.5) is 48.6 Å². The second-order valence-electron chi connectivity index (χ2n) is 10.3. The maximum absolute atomic E-state index is 12.4. The predicted octanol–water partition coefficient (Wildman–Crippen LogP) is 0.0257. The van der Waals surface area contributed by atoms with Crippen LogP contribution >= 0.6 is 0 Å². The number of nitrogens with zero attached hydrogens (tertiary/aromatic N) is 6. The lowest BCUT2D eigenvalue weighted by atomic mass is 10.2. The third kappa shape index (κ3) is 13.7. The fourth-order valence-electron chi connectivity index (χ4n) is 3.50. The molecule has 0 aliphatic heterocycles. The molecule has 254 valence electrons. The Morgan fingerprint density at radius 2 is 1.47 bits per heavy atom. The standard InChI is InChI=1S/C24H34F6N10O4.BrH/c1-22(2,3)44-21(43)34-9-6-12-40-17(31)16(15-35-40)36-37-20-38(10-4-7-32-18(41)23(25,26)27)13-14-39(20)11-5-8-33-19(42)24(28,29)30;/h13-15,31H,4-12H2,1-3H3,(H3,32,33,34,41,42,43);1H. The average Bonchev–Trinajstić information content (AvgIpc) is 3.45. The summed E-state index contributed by atoms with van der Waals surface area (Å²) in [7, 11) is 0. The average molecular weight is 722 g/mol. The molecule has 2 heterocycles. The van der Waals surface area contributed by atoms with Gasteiger partial charge in [0.25, 0.3) is 0 Å². The number of hydrogen-bond acceptors (Lipinski definition) is 8. The summed E-state index contributed by atoms with van der Waals surface area (Å²) in [5.41, 5.74) is 5.67. The summed E-state index contributed by atoms with van der Waals surface area (Å²) >= 11 is 0. The first-order valence-corrected chi connectivity index (χ1v) is 13.4. The fourth-order valence-corrected chi connectivity index (χ4v) is 3.50. The van der Waals surface area contributed by atoms with Crippen molar-refractivity contribution in [1.29, 1.82) is 0 Å². The molecule has 5 N–H and O–H groups in total. The second kappa shape index (κ2) is 17.0. The number of nitrogen functional groups attached to an aromatic ring is 1. The third-order valence-corrected chi connectivity index (χ3v) is 5.50. The van der Waals surface area contributed by atoms with Crippen LogP contribution in [0, 0.1) is 0 Å². The molecular weight excluding hydrogens is 686 g/mol. The Balaban J connectivity index is 0.0000101. The van der Waals surface area contributed by atoms with Crippen LogP contribution in [0.25, 0.3) is 0 Å². The summed E-state index contributed by atoms with van der Waals surface area (Å²) in [6.45, 7) is 5.43. The highest BCUT2D eigenvalue weighted by atomic mass is 79.9. The van der Waals surface area contributed by atoms with Gasteiger partial charge in [-0.05, 0) is 40.0 Å². The van der Waals surface area contributed by atoms with Crippen molar-refractivity contribution in [1.82, 2.24) is 30.3 Å². The number of hydrogen-bond donors (Lipinski definition) is 4. The number of nitrogens with one attached hydrogen (secondary N) is 3. The Morgan fingerprint density at radius 3 is 2.04 bits per heavy atom. The van der Waals surface area contributed by atoms with Crippen LogP contribution in [-0.4, -0.2) is 69.8 Å². The number of alkyl carbamates (subject to hydrolysis) is 1. The molecule has 45 heavy (non-hydrogen) atoms. The highest BCUT2D eigenvalue weighted by Gasteiger charge is 2.39. The molecule has 0 atom stereocenters. The van der Waals surface area contributed by atoms with Gasteiger partial charge in [-0.3, -0.25) is 9.59 Å². The minimum Gasteiger partial charge on any atom is -1.00 e. The first kappa shape index (κ1) is 39.1. The van der Waals surface area contributed by atoms with E-state index in [0.29, 0.717) is 13.0 Å². The highest BCUT2D eigenvalue weighted by Crippen LogP contribution is 2.24. The Labute approximate surface area is 264 Å². The molecule has 2 rings (SSSR count). The summed E-state index contributed by atoms with van der Waals surface area (Å²) in [5.74, 6) is -3.83. The minimum absolute atomic E-state index is 0. The van der Waals surface area contributed by atoms with Gasteiger partial charge in [0.15, 0.2) is 11.5 Å². The molecule has 0 aromatic carbocycles. The van der Waals surface area contributed by atoms with E-state index in [2.05, 4.69) is 20.6 Å². The molecule has 0 saturated heterocycles. The maximum atomic E-state index is 12.4. The SMILES string of the molecule is CC(C)(C)OC(=O)NCCCn1ncc(/N=N/c2n(CCCNC(=O)C(F)(F)F)cc[n+]2CCCNC(=O)C(F)(F)F)c1N.[Br-]. The molecule has 3 amide bonds. The largest absolute Gasteiger partial charge is 1.00 e. The minimum atomic E-state index is -5.02. The van der Waals surface area contributed by atoms with Crippen LogP contribution in [0.2, 0.25) is 0 Å². The van der Waals surface area contributed by atoms with Gasteiger partial charge in [0.05, 0.1) is 31.7 Å². The van der Waals surface area contributed by atoms with Crippen molar-refractivity contribution in [2.45, 2.75) is 77.6 Å². The highest BCUT2D eigenvalue weighted by molar-refractivity contribution is 5.81. The zero-order valence-corrected chi connectivity index (χ0v) is 26.2. The van der Waals surface area contributed by atoms with Crippen LogP contribution < -0.4 is 43.2 Å². The van der Waals surface area contributed by atoms with E-state index < -0.39 is 35.9 Å². The molecule has 2 aromatic heterocycles. The van der Waals surface area contributed by atoms with Crippen LogP contribution in [0.3, 0.4) is 0 Å². The van der Waals surface area contributed by atoms with Gasteiger partial charge in [-0.2, -0.15) is 31.4 Å². The second-order valence-corrected chi connectivity index (χ2v) is 10.3. The van der Waals surface area contributed by atoms with E-state index in [-0.39, 0.29) is 80.0 Å². The number of rotatable bonds is 14. The van der Waals surface area contributed by atoms with E-state index in [1.165, 1.54) is 32.4 Å². The lowest BCUT2D eigenvalue weighted by Gasteiger charge is -2.19. The normalized spacial score (nSPS) is 12.1. The summed E-state index contributed by atoms with van der Waals surface area (Å²) in [4.78, 5) is 33.8. The monoisotopic (exact) mass is 720 g/mol. The van der Waals surface area contributed by atoms with Gasteiger partial charge >= 0.3 is 36.2 Å². The van der Waals surface area contributed by atoms with E-state index in [4.69, 9.17) is 10.5 Å². The lowest BCUT2D eigenvalue weighted by Crippen LogP contribution is -3.00. The van der Waals surface area contributed by atoms with Crippen molar-refractivity contribution in [2.75, 3.05) is 25.4 Å². The van der Waals surface area contributed by atoms with Crippen molar-refractivity contribution in [3.8, 4) is 0 Å². The van der Waals surface area contributed by atoms with Gasteiger partial charge in [0, 0.05) is 31.3 Å². The molecule has 2 aromatic rings. The summed E-state index contributed by atoms with van der Waals surface area (Å²) in [6.07, 6.45) is -5.58. The quantitative estimate of drug-likeness (QED) is 0.0928. The number of ether oxygens (including phenoxy) is 1. The van der Waals surface area contributed by atoms with Gasteiger partial charge in [-0.1, -0.05) is 5.11 Å². The number of alkyl halides is 6. The first-order chi connectivity index (χ1) is 20.4. The van der Waals surface area contributed by atoms with Crippen LogP contribution in [0.15, 0.2) is 28.8 Å². The molecule has 0 aliphatic carbocycles. The zero-order valence-electron chi connectivity index (χ0n) is 24.6. The number of azo groups is 1. The third-order valence-electron chi connectivity index (χ3n) is 5.50. The Morgan fingerprint density at radius 1 is 0.911 bits per heavy atom. The fraction of sp³-hybridized carbons (Fsp3) is 0.625. The predicted molar refractivity (Wildman–Crippen MR) is 142 cm³/mol. The number of anilines is 1. The summed E-state index contributed by atoms with van der Waals surface area (Å²) in [6, 6.07) is 0. The molecule has 0 bridgehead atoms. The van der Waals surface area contributed by atoms with E-state index in [0.717, 1.165) is 0 Å². The molecule has 0 aliphatic rings. The number of carbonyl (C=O) groups excluding carboxylic acids is 3. The van der Waals surface area contributed by atoms with E-state index in [9.17, 15) is 40.7 Å². The number of amides is 3. The topological polar surface area (TPSA) is 174 Å². The molecular formula is C24H35BrF6N10O4. The molecule has 0 radical (unpaired) electrons. The molecule has 14 nitrogen and oxygen atoms in total. The Kier molecular flexibility index (Phi) is 14.7.